The minimum absolute atomic E-state index is 0.135. The van der Waals surface area contributed by atoms with Gasteiger partial charge >= 0.3 is 0 Å². The number of H-pyrrole nitrogens is 1. The second kappa shape index (κ2) is 5.60. The maximum atomic E-state index is 12.3. The summed E-state index contributed by atoms with van der Waals surface area (Å²) in [5.41, 5.74) is 4.86. The maximum absolute atomic E-state index is 12.3. The van der Waals surface area contributed by atoms with E-state index in [1.807, 2.05) is 23.5 Å². The van der Waals surface area contributed by atoms with Gasteiger partial charge in [-0.2, -0.15) is 0 Å². The van der Waals surface area contributed by atoms with E-state index in [2.05, 4.69) is 59.9 Å². The predicted octanol–water partition coefficient (Wildman–Crippen LogP) is 4.53. The number of thioether (sulfide) groups is 2. The van der Waals surface area contributed by atoms with Gasteiger partial charge in [0.05, 0.1) is 6.04 Å². The van der Waals surface area contributed by atoms with Crippen molar-refractivity contribution >= 4 is 40.2 Å². The van der Waals surface area contributed by atoms with Crippen LogP contribution in [0, 0.1) is 5.92 Å². The van der Waals surface area contributed by atoms with E-state index >= 15 is 0 Å². The number of nitrogens with one attached hydrogen (secondary N) is 1. The van der Waals surface area contributed by atoms with Gasteiger partial charge in [-0.15, -0.1) is 23.5 Å². The van der Waals surface area contributed by atoms with Crippen LogP contribution in [0.2, 0.25) is 0 Å². The number of para-hydroxylation sites is 1. The van der Waals surface area contributed by atoms with Crippen molar-refractivity contribution in [2.75, 3.05) is 19.6 Å². The van der Waals surface area contributed by atoms with Crippen LogP contribution in [0.4, 0.5) is 0 Å². The van der Waals surface area contributed by atoms with Crippen molar-refractivity contribution in [1.29, 1.82) is 0 Å². The molecule has 1 aromatic heterocycles. The zero-order chi connectivity index (χ0) is 17.1. The highest BCUT2D eigenvalue weighted by Crippen LogP contribution is 2.62. The molecule has 4 rings (SSSR count). The van der Waals surface area contributed by atoms with Gasteiger partial charge in [-0.1, -0.05) is 18.2 Å². The van der Waals surface area contributed by atoms with Crippen molar-refractivity contribution in [3.05, 3.63) is 47.3 Å². The minimum Gasteiger partial charge on any atom is -0.373 e. The summed E-state index contributed by atoms with van der Waals surface area (Å²) >= 11 is 3.72. The molecule has 1 aliphatic carbocycles. The molecule has 3 nitrogen and oxygen atoms in total. The number of hydrogen-bond acceptors (Lipinski definition) is 4. The van der Waals surface area contributed by atoms with E-state index in [9.17, 15) is 4.79 Å². The molecule has 2 bridgehead atoms. The largest absolute Gasteiger partial charge is 0.373 e. The summed E-state index contributed by atoms with van der Waals surface area (Å²) in [6.45, 7) is 1.70. The molecule has 0 saturated heterocycles. The third kappa shape index (κ3) is 1.97. The number of carbonyl (C=O) groups excluding carboxylic acids is 1. The molecule has 0 saturated carbocycles. The average Bonchev–Trinajstić information content (AvgIpc) is 2.97. The Hall–Kier alpha value is -1.33. The number of hydrogen-bond donors (Lipinski definition) is 1. The molecule has 0 unspecified atom stereocenters. The van der Waals surface area contributed by atoms with Gasteiger partial charge in [-0.3, -0.25) is 4.79 Å². The first-order valence-corrected chi connectivity index (χ1v) is 10.6. The molecular weight excluding hydrogens is 336 g/mol. The lowest BCUT2D eigenvalue weighted by atomic mass is 9.75. The Morgan fingerprint density at radius 2 is 2.00 bits per heavy atom. The zero-order valence-electron chi connectivity index (χ0n) is 14.4. The molecule has 0 spiro atoms. The van der Waals surface area contributed by atoms with E-state index in [0.717, 1.165) is 12.0 Å². The number of benzene rings is 1. The van der Waals surface area contributed by atoms with Crippen molar-refractivity contribution in [3.8, 4) is 0 Å². The molecule has 0 fully saturated rings. The monoisotopic (exact) mass is 358 g/mol. The van der Waals surface area contributed by atoms with Crippen LogP contribution in [0.5, 0.6) is 0 Å². The smallest absolute Gasteiger partial charge is 0.157 e. The molecule has 24 heavy (non-hydrogen) atoms. The molecule has 2 aliphatic rings. The van der Waals surface area contributed by atoms with Gasteiger partial charge < -0.3 is 9.88 Å². The third-order valence-electron chi connectivity index (χ3n) is 5.57. The molecule has 5 heteroatoms. The first-order valence-electron chi connectivity index (χ1n) is 8.19. The number of aromatic amines is 1. The lowest BCUT2D eigenvalue weighted by molar-refractivity contribution is -0.114. The van der Waals surface area contributed by atoms with Crippen LogP contribution in [0.3, 0.4) is 0 Å². The Labute approximate surface area is 151 Å². The summed E-state index contributed by atoms with van der Waals surface area (Å²) in [6, 6.07) is 8.90. The molecule has 2 aromatic rings. The lowest BCUT2D eigenvalue weighted by Gasteiger charge is -2.50. The van der Waals surface area contributed by atoms with Crippen molar-refractivity contribution in [1.82, 2.24) is 9.88 Å². The summed E-state index contributed by atoms with van der Waals surface area (Å²) < 4.78 is -0.135. The normalized spacial score (nSPS) is 24.7. The van der Waals surface area contributed by atoms with E-state index < -0.39 is 0 Å². The van der Waals surface area contributed by atoms with Crippen molar-refractivity contribution < 1.29 is 4.79 Å². The Morgan fingerprint density at radius 1 is 1.29 bits per heavy atom. The molecule has 2 heterocycles. The van der Waals surface area contributed by atoms with E-state index in [-0.39, 0.29) is 15.8 Å². The Kier molecular flexibility index (Phi) is 3.77. The van der Waals surface area contributed by atoms with Crippen LogP contribution in [0.15, 0.2) is 36.0 Å². The fourth-order valence-electron chi connectivity index (χ4n) is 4.46. The Balaban J connectivity index is 2.05. The van der Waals surface area contributed by atoms with Crippen LogP contribution in [0.1, 0.15) is 30.6 Å². The standard InChI is InChI=1S/C19H22N2OS2/c1-11(22)13-10-21(2)16-9-14(13)19(23-3,24-4)18-17(16)12-7-5-6-8-15(12)20-18/h5-8,10,14,16,20H,9H2,1-4H3/t14-,16-/m1/s1. The van der Waals surface area contributed by atoms with Crippen LogP contribution in [-0.4, -0.2) is 35.2 Å². The number of fused-ring (bicyclic) bond motifs is 6. The molecule has 0 amide bonds. The molecule has 2 atom stereocenters. The van der Waals surface area contributed by atoms with Gasteiger partial charge in [0.15, 0.2) is 5.78 Å². The summed E-state index contributed by atoms with van der Waals surface area (Å²) in [6.07, 6.45) is 7.43. The SMILES string of the molecule is CSC1(SC)c2[nH]c3ccccc3c2[C@H]2C[C@@H]1C(C(C)=O)=CN2C. The van der Waals surface area contributed by atoms with E-state index in [4.69, 9.17) is 0 Å². The molecular formula is C19H22N2OS2. The summed E-state index contributed by atoms with van der Waals surface area (Å²) in [4.78, 5) is 18.3. The molecule has 1 aromatic carbocycles. The van der Waals surface area contributed by atoms with Crippen LogP contribution in [0.25, 0.3) is 10.9 Å². The zero-order valence-corrected chi connectivity index (χ0v) is 16.1. The summed E-state index contributed by atoms with van der Waals surface area (Å²) in [7, 11) is 2.10. The number of Topliss-reactive ketones (excluding diaryl/α,β-unsaturated/α-hetero) is 1. The number of allylic oxidation sites excluding steroid dienone is 1. The van der Waals surface area contributed by atoms with Gasteiger partial charge in [0, 0.05) is 46.9 Å². The Bertz CT molecular complexity index is 850. The second-order valence-corrected chi connectivity index (χ2v) is 9.01. The molecule has 1 N–H and O–H groups in total. The van der Waals surface area contributed by atoms with Crippen molar-refractivity contribution in [2.24, 2.45) is 5.92 Å². The first-order chi connectivity index (χ1) is 11.5. The number of rotatable bonds is 3. The maximum Gasteiger partial charge on any atom is 0.157 e. The molecule has 0 radical (unpaired) electrons. The van der Waals surface area contributed by atoms with Gasteiger partial charge in [-0.25, -0.2) is 0 Å². The van der Waals surface area contributed by atoms with E-state index in [0.29, 0.717) is 6.04 Å². The highest BCUT2D eigenvalue weighted by Gasteiger charge is 2.53. The van der Waals surface area contributed by atoms with Gasteiger partial charge in [0.25, 0.3) is 0 Å². The second-order valence-electron chi connectivity index (χ2n) is 6.65. The van der Waals surface area contributed by atoms with Gasteiger partial charge in [-0.05, 0) is 31.9 Å². The van der Waals surface area contributed by atoms with Crippen LogP contribution >= 0.6 is 23.5 Å². The number of carbonyl (C=O) groups is 1. The topological polar surface area (TPSA) is 36.1 Å². The number of aromatic nitrogens is 1. The van der Waals surface area contributed by atoms with Crippen LogP contribution < -0.4 is 0 Å². The first kappa shape index (κ1) is 16.2. The lowest BCUT2D eigenvalue weighted by Crippen LogP contribution is -2.44. The van der Waals surface area contributed by atoms with Crippen molar-refractivity contribution in [3.63, 3.8) is 0 Å². The van der Waals surface area contributed by atoms with E-state index in [1.54, 1.807) is 6.92 Å². The molecule has 1 aliphatic heterocycles. The fraction of sp³-hybridized carbons (Fsp3) is 0.421. The number of nitrogens with zero attached hydrogens (tertiary/aromatic N) is 1. The highest BCUT2D eigenvalue weighted by molar-refractivity contribution is 8.16. The predicted molar refractivity (Wildman–Crippen MR) is 104 cm³/mol. The fourth-order valence-corrected chi connectivity index (χ4v) is 6.88. The molecule has 126 valence electrons. The minimum atomic E-state index is -0.135. The Morgan fingerprint density at radius 3 is 2.67 bits per heavy atom. The third-order valence-corrected chi connectivity index (χ3v) is 8.76. The summed E-state index contributed by atoms with van der Waals surface area (Å²) in [5, 5.41) is 1.31. The summed E-state index contributed by atoms with van der Waals surface area (Å²) in [5.74, 6) is 0.430. The average molecular weight is 359 g/mol. The quantitative estimate of drug-likeness (QED) is 0.818. The van der Waals surface area contributed by atoms with Gasteiger partial charge in [0.2, 0.25) is 0 Å². The number of ketones is 1. The highest BCUT2D eigenvalue weighted by atomic mass is 32.2. The van der Waals surface area contributed by atoms with Gasteiger partial charge in [0.1, 0.15) is 4.08 Å². The van der Waals surface area contributed by atoms with E-state index in [1.165, 1.54) is 22.2 Å². The van der Waals surface area contributed by atoms with Crippen molar-refractivity contribution in [2.45, 2.75) is 23.5 Å². The van der Waals surface area contributed by atoms with Crippen LogP contribution in [-0.2, 0) is 8.87 Å².